The van der Waals surface area contributed by atoms with Crippen molar-refractivity contribution in [2.75, 3.05) is 5.32 Å². The lowest BCUT2D eigenvalue weighted by atomic mass is 9.87. The highest BCUT2D eigenvalue weighted by molar-refractivity contribution is 7.98. The molecule has 4 aromatic rings. The minimum Gasteiger partial charge on any atom is -0.489 e. The van der Waals surface area contributed by atoms with Gasteiger partial charge >= 0.3 is 5.97 Å². The number of allylic oxidation sites excluding steroid dienone is 1. The molecule has 1 aliphatic heterocycles. The van der Waals surface area contributed by atoms with Gasteiger partial charge in [-0.2, -0.15) is 4.98 Å². The lowest BCUT2D eigenvalue weighted by Crippen LogP contribution is -2.32. The normalized spacial score (nSPS) is 17.0. The van der Waals surface area contributed by atoms with Crippen LogP contribution >= 0.6 is 11.8 Å². The van der Waals surface area contributed by atoms with Crippen LogP contribution in [0.1, 0.15) is 88.1 Å². The number of hydrogen-bond acceptors (Lipinski definition) is 7. The molecule has 45 heavy (non-hydrogen) atoms. The fourth-order valence-electron chi connectivity index (χ4n) is 5.96. The molecule has 0 saturated heterocycles. The number of thioether (sulfide) groups is 1. The molecule has 1 aliphatic carbocycles. The fourth-order valence-corrected chi connectivity index (χ4v) is 6.75. The van der Waals surface area contributed by atoms with Crippen molar-refractivity contribution in [1.29, 1.82) is 0 Å². The van der Waals surface area contributed by atoms with Crippen molar-refractivity contribution < 1.29 is 14.3 Å². The summed E-state index contributed by atoms with van der Waals surface area (Å²) >= 11 is 1.57. The average Bonchev–Trinajstić information content (AvgIpc) is 3.45. The smallest absolute Gasteiger partial charge is 0.338 e. The summed E-state index contributed by atoms with van der Waals surface area (Å²) in [4.78, 5) is 18.8. The van der Waals surface area contributed by atoms with Crippen LogP contribution < -0.4 is 10.1 Å². The van der Waals surface area contributed by atoms with E-state index >= 15 is 0 Å². The SMILES string of the molecule is CC1=C(C(=O)OC2CCCCC2)C(c2ccccc2OCc2ccc(C(C)(C)C)cc2)n2nc(SCc3ccccc3)nc2N1. The van der Waals surface area contributed by atoms with Gasteiger partial charge in [-0.15, -0.1) is 5.10 Å². The molecule has 1 saturated carbocycles. The molecule has 2 heterocycles. The van der Waals surface area contributed by atoms with Gasteiger partial charge in [0.1, 0.15) is 24.5 Å². The zero-order chi connectivity index (χ0) is 31.4. The third-order valence-electron chi connectivity index (χ3n) is 8.52. The predicted molar refractivity (Wildman–Crippen MR) is 179 cm³/mol. The summed E-state index contributed by atoms with van der Waals surface area (Å²) in [5.74, 6) is 1.71. The van der Waals surface area contributed by atoms with Crippen molar-refractivity contribution in [3.63, 3.8) is 0 Å². The molecule has 3 aromatic carbocycles. The van der Waals surface area contributed by atoms with Crippen molar-refractivity contribution in [3.8, 4) is 5.75 Å². The highest BCUT2D eigenvalue weighted by atomic mass is 32.2. The Morgan fingerprint density at radius 3 is 2.38 bits per heavy atom. The van der Waals surface area contributed by atoms with Gasteiger partial charge in [-0.3, -0.25) is 0 Å². The van der Waals surface area contributed by atoms with Crippen LogP contribution in [0.25, 0.3) is 0 Å². The van der Waals surface area contributed by atoms with Crippen LogP contribution in [-0.4, -0.2) is 26.8 Å². The van der Waals surface area contributed by atoms with Gasteiger partial charge in [0.15, 0.2) is 0 Å². The summed E-state index contributed by atoms with van der Waals surface area (Å²) in [6.45, 7) is 8.96. The molecular weight excluding hydrogens is 580 g/mol. The van der Waals surface area contributed by atoms with Crippen molar-refractivity contribution in [1.82, 2.24) is 14.8 Å². The molecule has 1 unspecified atom stereocenters. The molecule has 0 amide bonds. The van der Waals surface area contributed by atoms with Gasteiger partial charge in [0.25, 0.3) is 0 Å². The maximum absolute atomic E-state index is 14.0. The Morgan fingerprint density at radius 1 is 0.933 bits per heavy atom. The summed E-state index contributed by atoms with van der Waals surface area (Å²) in [5.41, 5.74) is 5.72. The second-order valence-electron chi connectivity index (χ2n) is 12.9. The minimum atomic E-state index is -0.560. The third kappa shape index (κ3) is 7.28. The molecule has 234 valence electrons. The maximum Gasteiger partial charge on any atom is 0.338 e. The summed E-state index contributed by atoms with van der Waals surface area (Å²) in [6, 6.07) is 26.2. The number of ether oxygens (including phenoxy) is 2. The third-order valence-corrected chi connectivity index (χ3v) is 9.43. The van der Waals surface area contributed by atoms with E-state index < -0.39 is 6.04 Å². The first-order valence-corrected chi connectivity index (χ1v) is 16.9. The Labute approximate surface area is 270 Å². The van der Waals surface area contributed by atoms with Crippen LogP contribution in [0.15, 0.2) is 95.3 Å². The van der Waals surface area contributed by atoms with Crippen molar-refractivity contribution in [2.45, 2.75) is 94.9 Å². The Morgan fingerprint density at radius 2 is 1.64 bits per heavy atom. The molecule has 1 atom stereocenters. The molecule has 1 fully saturated rings. The van der Waals surface area contributed by atoms with Gasteiger partial charge in [-0.1, -0.05) is 112 Å². The number of nitrogens with zero attached hydrogens (tertiary/aromatic N) is 3. The summed E-state index contributed by atoms with van der Waals surface area (Å²) < 4.78 is 14.4. The second kappa shape index (κ2) is 13.5. The summed E-state index contributed by atoms with van der Waals surface area (Å²) in [6.07, 6.45) is 5.09. The number of carbonyl (C=O) groups is 1. The van der Waals surface area contributed by atoms with Gasteiger partial charge in [0, 0.05) is 17.0 Å². The van der Waals surface area contributed by atoms with E-state index in [0.717, 1.165) is 42.6 Å². The number of carbonyl (C=O) groups excluding carboxylic acids is 1. The van der Waals surface area contributed by atoms with Crippen molar-refractivity contribution in [3.05, 3.63) is 112 Å². The van der Waals surface area contributed by atoms with E-state index in [0.29, 0.717) is 34.7 Å². The largest absolute Gasteiger partial charge is 0.489 e. The van der Waals surface area contributed by atoms with Crippen molar-refractivity contribution >= 4 is 23.7 Å². The first-order chi connectivity index (χ1) is 21.8. The van der Waals surface area contributed by atoms with Crippen LogP contribution in [0.5, 0.6) is 5.75 Å². The van der Waals surface area contributed by atoms with E-state index in [1.54, 1.807) is 11.8 Å². The zero-order valence-corrected chi connectivity index (χ0v) is 27.4. The Bertz CT molecular complexity index is 1650. The lowest BCUT2D eigenvalue weighted by Gasteiger charge is -2.30. The standard InChI is InChI=1S/C37H42N4O3S/c1-25-32(34(42)44-29-15-9-6-10-16-29)33(41-35(38-25)39-36(40-41)45-24-27-13-7-5-8-14-27)30-17-11-12-18-31(30)43-23-26-19-21-28(22-20-26)37(2,3)4/h5,7-8,11-14,17-22,29,33H,6,9-10,15-16,23-24H2,1-4H3,(H,38,39,40). The number of rotatable bonds is 9. The first kappa shape index (κ1) is 31.0. The number of fused-ring (bicyclic) bond motifs is 1. The molecule has 1 N–H and O–H groups in total. The van der Waals surface area contributed by atoms with E-state index in [1.165, 1.54) is 17.5 Å². The van der Waals surface area contributed by atoms with E-state index in [2.05, 4.69) is 62.5 Å². The average molecular weight is 623 g/mol. The van der Waals surface area contributed by atoms with Crippen LogP contribution in [0.2, 0.25) is 0 Å². The van der Waals surface area contributed by atoms with Crippen molar-refractivity contribution in [2.24, 2.45) is 0 Å². The Hall–Kier alpha value is -4.04. The fraction of sp³-hybridized carbons (Fsp3) is 0.378. The molecule has 7 nitrogen and oxygen atoms in total. The minimum absolute atomic E-state index is 0.0658. The number of esters is 1. The lowest BCUT2D eigenvalue weighted by molar-refractivity contribution is -0.146. The molecule has 2 aliphatic rings. The molecule has 0 radical (unpaired) electrons. The van der Waals surface area contributed by atoms with Gasteiger partial charge in [0.05, 0.1) is 5.57 Å². The highest BCUT2D eigenvalue weighted by Gasteiger charge is 2.38. The monoisotopic (exact) mass is 622 g/mol. The number of hydrogen-bond donors (Lipinski definition) is 1. The molecule has 0 spiro atoms. The number of aromatic nitrogens is 3. The molecular formula is C37H42N4O3S. The van der Waals surface area contributed by atoms with Gasteiger partial charge in [0.2, 0.25) is 11.1 Å². The predicted octanol–water partition coefficient (Wildman–Crippen LogP) is 8.61. The zero-order valence-electron chi connectivity index (χ0n) is 26.6. The molecule has 0 bridgehead atoms. The van der Waals surface area contributed by atoms with Gasteiger partial charge in [-0.05, 0) is 60.8 Å². The van der Waals surface area contributed by atoms with Crippen LogP contribution in [0.4, 0.5) is 5.95 Å². The van der Waals surface area contributed by atoms with E-state index in [9.17, 15) is 4.79 Å². The quantitative estimate of drug-likeness (QED) is 0.148. The summed E-state index contributed by atoms with van der Waals surface area (Å²) in [7, 11) is 0. The van der Waals surface area contributed by atoms with Crippen LogP contribution in [0.3, 0.4) is 0 Å². The molecule has 6 rings (SSSR count). The molecule has 1 aromatic heterocycles. The number of nitrogens with one attached hydrogen (secondary N) is 1. The number of anilines is 1. The van der Waals surface area contributed by atoms with Gasteiger partial charge in [-0.25, -0.2) is 9.48 Å². The Kier molecular flexibility index (Phi) is 9.31. The van der Waals surface area contributed by atoms with E-state index in [-0.39, 0.29) is 17.5 Å². The van der Waals surface area contributed by atoms with E-state index in [1.807, 2.05) is 54.1 Å². The second-order valence-corrected chi connectivity index (χ2v) is 13.9. The van der Waals surface area contributed by atoms with Crippen LogP contribution in [-0.2, 0) is 27.3 Å². The van der Waals surface area contributed by atoms with Crippen LogP contribution in [0, 0.1) is 0 Å². The number of benzene rings is 3. The Balaban J connectivity index is 1.32. The summed E-state index contributed by atoms with van der Waals surface area (Å²) in [5, 5.41) is 8.93. The highest BCUT2D eigenvalue weighted by Crippen LogP contribution is 2.41. The topological polar surface area (TPSA) is 78.3 Å². The maximum atomic E-state index is 14.0. The van der Waals surface area contributed by atoms with Gasteiger partial charge < -0.3 is 14.8 Å². The number of para-hydroxylation sites is 1. The van der Waals surface area contributed by atoms with E-state index in [4.69, 9.17) is 19.6 Å². The molecule has 8 heteroatoms. The first-order valence-electron chi connectivity index (χ1n) is 15.9.